The number of nitrogens with one attached hydrogen (secondary N) is 1. The van der Waals surface area contributed by atoms with Gasteiger partial charge in [0.25, 0.3) is 0 Å². The zero-order valence-electron chi connectivity index (χ0n) is 26.7. The summed E-state index contributed by atoms with van der Waals surface area (Å²) in [5.41, 5.74) is 0.209. The summed E-state index contributed by atoms with van der Waals surface area (Å²) < 4.78 is 40.2. The largest absolute Gasteiger partial charge is 0.457 e. The molecule has 1 aromatic carbocycles. The van der Waals surface area contributed by atoms with Crippen molar-refractivity contribution in [1.82, 2.24) is 14.5 Å². The van der Waals surface area contributed by atoms with E-state index in [0.717, 1.165) is 13.1 Å². The molecule has 3 N–H and O–H groups in total. The SMILES string of the molecule is C/C(=C\c1cccc(S(=O)(=O)NC(C)(C)CO)c1)[C@H]1OC(=O)C[C@H](O)CC[C@H](C)[C@@H](OC(=O)N2CCN(C)CC2)/C=C\[C@@H]1C. The van der Waals surface area contributed by atoms with Gasteiger partial charge in [-0.05, 0) is 75.9 Å². The first-order chi connectivity index (χ1) is 20.6. The van der Waals surface area contributed by atoms with E-state index in [1.54, 1.807) is 43.9 Å². The van der Waals surface area contributed by atoms with Gasteiger partial charge in [-0.25, -0.2) is 17.9 Å². The quantitative estimate of drug-likeness (QED) is 0.304. The Morgan fingerprint density at radius 3 is 2.50 bits per heavy atom. The third-order valence-electron chi connectivity index (χ3n) is 8.07. The number of cyclic esters (lactones) is 1. The Labute approximate surface area is 261 Å². The first kappa shape index (κ1) is 35.7. The summed E-state index contributed by atoms with van der Waals surface area (Å²) in [5, 5.41) is 20.1. The van der Waals surface area contributed by atoms with E-state index in [4.69, 9.17) is 9.47 Å². The van der Waals surface area contributed by atoms with Crippen molar-refractivity contribution in [2.45, 2.75) is 82.6 Å². The molecule has 0 saturated carbocycles. The van der Waals surface area contributed by atoms with Crippen LogP contribution in [0.5, 0.6) is 0 Å². The molecule has 11 nitrogen and oxygen atoms in total. The van der Waals surface area contributed by atoms with Crippen molar-refractivity contribution in [2.75, 3.05) is 39.8 Å². The normalized spacial score (nSPS) is 27.5. The Hall–Kier alpha value is -2.77. The number of amides is 1. The highest BCUT2D eigenvalue weighted by Gasteiger charge is 2.30. The maximum Gasteiger partial charge on any atom is 0.410 e. The molecule has 246 valence electrons. The average Bonchev–Trinajstić information content (AvgIpc) is 2.96. The molecular formula is C32H49N3O8S. The van der Waals surface area contributed by atoms with Crippen LogP contribution in [0.1, 0.15) is 59.4 Å². The van der Waals surface area contributed by atoms with Gasteiger partial charge in [0.1, 0.15) is 12.2 Å². The highest BCUT2D eigenvalue weighted by Crippen LogP contribution is 2.26. The fourth-order valence-electron chi connectivity index (χ4n) is 5.20. The summed E-state index contributed by atoms with van der Waals surface area (Å²) in [4.78, 5) is 29.8. The van der Waals surface area contributed by atoms with Crippen LogP contribution >= 0.6 is 0 Å². The van der Waals surface area contributed by atoms with Crippen molar-refractivity contribution < 1.29 is 37.7 Å². The van der Waals surface area contributed by atoms with E-state index in [2.05, 4.69) is 9.62 Å². The summed E-state index contributed by atoms with van der Waals surface area (Å²) in [5.74, 6) is -0.958. The number of sulfonamides is 1. The molecule has 0 radical (unpaired) electrons. The molecule has 1 amide bonds. The lowest BCUT2D eigenvalue weighted by Crippen LogP contribution is -2.48. The van der Waals surface area contributed by atoms with E-state index in [1.807, 2.05) is 33.0 Å². The van der Waals surface area contributed by atoms with E-state index in [-0.39, 0.29) is 35.9 Å². The predicted octanol–water partition coefficient (Wildman–Crippen LogP) is 3.18. The van der Waals surface area contributed by atoms with Gasteiger partial charge < -0.3 is 29.5 Å². The lowest BCUT2D eigenvalue weighted by atomic mass is 9.91. The topological polar surface area (TPSA) is 146 Å². The van der Waals surface area contributed by atoms with Crippen LogP contribution < -0.4 is 4.72 Å². The number of nitrogens with zero attached hydrogens (tertiary/aromatic N) is 2. The van der Waals surface area contributed by atoms with Crippen LogP contribution in [0.3, 0.4) is 0 Å². The number of benzene rings is 1. The number of ether oxygens (including phenoxy) is 2. The van der Waals surface area contributed by atoms with Crippen LogP contribution in [0, 0.1) is 11.8 Å². The maximum absolute atomic E-state index is 13.0. The Morgan fingerprint density at radius 1 is 1.16 bits per heavy atom. The Balaban J connectivity index is 1.87. The van der Waals surface area contributed by atoms with E-state index in [1.165, 1.54) is 12.1 Å². The van der Waals surface area contributed by atoms with E-state index in [0.29, 0.717) is 37.1 Å². The van der Waals surface area contributed by atoms with Crippen molar-refractivity contribution in [2.24, 2.45) is 11.8 Å². The molecule has 3 rings (SSSR count). The minimum Gasteiger partial charge on any atom is -0.457 e. The predicted molar refractivity (Wildman–Crippen MR) is 168 cm³/mol. The number of carbonyl (C=O) groups excluding carboxylic acids is 2. The van der Waals surface area contributed by atoms with Crippen LogP contribution in [0.4, 0.5) is 4.79 Å². The van der Waals surface area contributed by atoms with Crippen molar-refractivity contribution in [3.63, 3.8) is 0 Å². The van der Waals surface area contributed by atoms with Gasteiger partial charge in [0.2, 0.25) is 10.0 Å². The van der Waals surface area contributed by atoms with Gasteiger partial charge in [-0.1, -0.05) is 38.1 Å². The number of piperazine rings is 1. The third-order valence-corrected chi connectivity index (χ3v) is 9.77. The molecule has 5 atom stereocenters. The third kappa shape index (κ3) is 10.4. The molecule has 12 heteroatoms. The van der Waals surface area contributed by atoms with Crippen LogP contribution in [0.25, 0.3) is 6.08 Å². The molecule has 2 heterocycles. The number of rotatable bonds is 7. The second-order valence-electron chi connectivity index (χ2n) is 12.8. The zero-order chi connectivity index (χ0) is 32.7. The molecule has 1 saturated heterocycles. The van der Waals surface area contributed by atoms with Crippen LogP contribution in [-0.4, -0.2) is 104 Å². The lowest BCUT2D eigenvalue weighted by molar-refractivity contribution is -0.151. The first-order valence-electron chi connectivity index (χ1n) is 15.2. The summed E-state index contributed by atoms with van der Waals surface area (Å²) in [7, 11) is -1.89. The average molecular weight is 636 g/mol. The van der Waals surface area contributed by atoms with E-state index in [9.17, 15) is 28.2 Å². The Kier molecular flexibility index (Phi) is 12.6. The van der Waals surface area contributed by atoms with E-state index >= 15 is 0 Å². The molecule has 0 aromatic heterocycles. The summed E-state index contributed by atoms with van der Waals surface area (Å²) >= 11 is 0. The molecular weight excluding hydrogens is 586 g/mol. The molecule has 2 aliphatic rings. The van der Waals surface area contributed by atoms with Crippen molar-refractivity contribution >= 4 is 28.2 Å². The number of aliphatic hydroxyl groups excluding tert-OH is 2. The fourth-order valence-corrected chi connectivity index (χ4v) is 6.66. The van der Waals surface area contributed by atoms with Crippen molar-refractivity contribution in [1.29, 1.82) is 0 Å². The van der Waals surface area contributed by atoms with Gasteiger partial charge in [-0.15, -0.1) is 0 Å². The van der Waals surface area contributed by atoms with Crippen LogP contribution in [-0.2, 0) is 24.3 Å². The van der Waals surface area contributed by atoms with Crippen LogP contribution in [0.2, 0.25) is 0 Å². The maximum atomic E-state index is 13.0. The summed E-state index contributed by atoms with van der Waals surface area (Å²) in [6, 6.07) is 6.34. The van der Waals surface area contributed by atoms with Gasteiger partial charge >= 0.3 is 12.1 Å². The molecule has 1 aromatic rings. The second kappa shape index (κ2) is 15.5. The molecule has 1 fully saturated rings. The summed E-state index contributed by atoms with van der Waals surface area (Å²) in [6.45, 7) is 11.2. The molecule has 0 unspecified atom stereocenters. The molecule has 0 aliphatic carbocycles. The highest BCUT2D eigenvalue weighted by molar-refractivity contribution is 7.89. The minimum atomic E-state index is -3.91. The first-order valence-corrected chi connectivity index (χ1v) is 16.7. The zero-order valence-corrected chi connectivity index (χ0v) is 27.5. The Morgan fingerprint density at radius 2 is 1.84 bits per heavy atom. The number of esters is 1. The van der Waals surface area contributed by atoms with Gasteiger partial charge in [0.05, 0.1) is 29.6 Å². The summed E-state index contributed by atoms with van der Waals surface area (Å²) in [6.07, 6.45) is 3.69. The minimum absolute atomic E-state index is 0.0336. The standard InChI is InChI=1S/C32H49N3O8S/c1-22-10-12-26(37)20-29(38)43-30(23(2)11-13-28(22)42-31(39)35-16-14-34(6)15-17-35)24(3)18-25-8-7-9-27(19-25)44(40,41)33-32(4,5)21-36/h7-9,11,13,18-19,22-23,26,28,30,33,36-37H,10,12,14-17,20-21H2,1-6H3/b13-11-,24-18+/t22-,23-,26+,28-,30-/m0/s1. The number of hydrogen-bond donors (Lipinski definition) is 3. The van der Waals surface area contributed by atoms with Crippen LogP contribution in [0.15, 0.2) is 46.9 Å². The van der Waals surface area contributed by atoms with Gasteiger partial charge in [0.15, 0.2) is 0 Å². The molecule has 2 aliphatic heterocycles. The number of aliphatic hydroxyl groups is 2. The number of hydrogen-bond acceptors (Lipinski definition) is 9. The van der Waals surface area contributed by atoms with Gasteiger partial charge in [-0.3, -0.25) is 4.79 Å². The smallest absolute Gasteiger partial charge is 0.410 e. The Bertz CT molecular complexity index is 1300. The second-order valence-corrected chi connectivity index (χ2v) is 14.5. The van der Waals surface area contributed by atoms with Crippen molar-refractivity contribution in [3.8, 4) is 0 Å². The highest BCUT2D eigenvalue weighted by atomic mass is 32.2. The van der Waals surface area contributed by atoms with Crippen molar-refractivity contribution in [3.05, 3.63) is 47.6 Å². The molecule has 44 heavy (non-hydrogen) atoms. The lowest BCUT2D eigenvalue weighted by Gasteiger charge is -2.33. The molecule has 0 bridgehead atoms. The van der Waals surface area contributed by atoms with Gasteiger partial charge in [0, 0.05) is 32.1 Å². The monoisotopic (exact) mass is 635 g/mol. The number of carbonyl (C=O) groups is 2. The number of likely N-dealkylation sites (N-methyl/N-ethyl adjacent to an activating group) is 1. The van der Waals surface area contributed by atoms with E-state index < -0.39 is 39.8 Å². The van der Waals surface area contributed by atoms with Gasteiger partial charge in [-0.2, -0.15) is 0 Å². The molecule has 0 spiro atoms. The fraction of sp³-hybridized carbons (Fsp3) is 0.625.